The van der Waals surface area contributed by atoms with Gasteiger partial charge < -0.3 is 9.73 Å². The van der Waals surface area contributed by atoms with Crippen LogP contribution in [0.2, 0.25) is 15.1 Å². The summed E-state index contributed by atoms with van der Waals surface area (Å²) in [6.45, 7) is 0. The number of hydrogen-bond donors (Lipinski definition) is 1. The second-order valence-corrected chi connectivity index (χ2v) is 6.66. The average Bonchev–Trinajstić information content (AvgIpc) is 3.07. The van der Waals surface area contributed by atoms with Gasteiger partial charge in [-0.05, 0) is 48.5 Å². The fourth-order valence-corrected chi connectivity index (χ4v) is 2.77. The zero-order chi connectivity index (χ0) is 19.8. The van der Waals surface area contributed by atoms with Crippen molar-refractivity contribution in [3.8, 4) is 11.3 Å². The van der Waals surface area contributed by atoms with Crippen LogP contribution < -0.4 is 5.32 Å². The zero-order valence-electron chi connectivity index (χ0n) is 13.2. The molecule has 1 aromatic heterocycles. The number of alkyl halides is 3. The summed E-state index contributed by atoms with van der Waals surface area (Å²) in [5.41, 5.74) is -0.468. The predicted octanol–water partition coefficient (Wildman–Crippen LogP) is 7.18. The van der Waals surface area contributed by atoms with E-state index in [1.165, 1.54) is 24.3 Å². The molecule has 0 bridgehead atoms. The van der Waals surface area contributed by atoms with Gasteiger partial charge in [-0.25, -0.2) is 0 Å². The number of hydrogen-bond acceptors (Lipinski definition) is 2. The molecule has 1 N–H and O–H groups in total. The number of benzene rings is 2. The maximum absolute atomic E-state index is 12.9. The predicted molar refractivity (Wildman–Crippen MR) is 98.6 cm³/mol. The fraction of sp³-hybridized carbons (Fsp3) is 0.0556. The molecule has 0 fully saturated rings. The number of furan rings is 1. The summed E-state index contributed by atoms with van der Waals surface area (Å²) in [5, 5.41) is 3.20. The van der Waals surface area contributed by atoms with Crippen LogP contribution in [0.3, 0.4) is 0 Å². The average molecular weight is 435 g/mol. The van der Waals surface area contributed by atoms with Crippen molar-refractivity contribution in [3.05, 3.63) is 74.9 Å². The van der Waals surface area contributed by atoms with Crippen LogP contribution in [-0.4, -0.2) is 5.91 Å². The van der Waals surface area contributed by atoms with Crippen molar-refractivity contribution in [1.29, 1.82) is 0 Å². The van der Waals surface area contributed by atoms with Gasteiger partial charge in [0.05, 0.1) is 20.6 Å². The van der Waals surface area contributed by atoms with E-state index in [-0.39, 0.29) is 27.1 Å². The molecule has 0 saturated carbocycles. The van der Waals surface area contributed by atoms with Crippen molar-refractivity contribution in [2.75, 3.05) is 5.32 Å². The number of nitrogens with one attached hydrogen (secondary N) is 1. The molecule has 0 spiro atoms. The molecule has 1 heterocycles. The highest BCUT2D eigenvalue weighted by Gasteiger charge is 2.31. The molecule has 0 aliphatic rings. The first-order valence-corrected chi connectivity index (χ1v) is 8.52. The third-order valence-electron chi connectivity index (χ3n) is 3.57. The first-order valence-electron chi connectivity index (χ1n) is 7.38. The first kappa shape index (κ1) is 19.6. The van der Waals surface area contributed by atoms with Gasteiger partial charge in [0.15, 0.2) is 5.76 Å². The number of carbonyl (C=O) groups is 1. The second kappa shape index (κ2) is 7.46. The van der Waals surface area contributed by atoms with E-state index in [1.54, 1.807) is 6.07 Å². The first-order chi connectivity index (χ1) is 12.6. The summed E-state index contributed by atoms with van der Waals surface area (Å²) in [6.07, 6.45) is -4.53. The van der Waals surface area contributed by atoms with E-state index in [9.17, 15) is 18.0 Å². The highest BCUT2D eigenvalue weighted by Crippen LogP contribution is 2.36. The van der Waals surface area contributed by atoms with Gasteiger partial charge in [-0.15, -0.1) is 0 Å². The molecule has 0 atom stereocenters. The molecular weight excluding hydrogens is 426 g/mol. The van der Waals surface area contributed by atoms with E-state index >= 15 is 0 Å². The Balaban J connectivity index is 1.86. The molecule has 3 nitrogen and oxygen atoms in total. The Bertz CT molecular complexity index is 1020. The highest BCUT2D eigenvalue weighted by molar-refractivity contribution is 6.42. The van der Waals surface area contributed by atoms with Crippen LogP contribution in [0.5, 0.6) is 0 Å². The summed E-state index contributed by atoms with van der Waals surface area (Å²) in [6, 6.07) is 10.1. The summed E-state index contributed by atoms with van der Waals surface area (Å²) in [7, 11) is 0. The van der Waals surface area contributed by atoms with Gasteiger partial charge in [0, 0.05) is 11.3 Å². The molecule has 0 saturated heterocycles. The molecule has 2 aromatic carbocycles. The van der Waals surface area contributed by atoms with E-state index in [1.807, 2.05) is 0 Å². The second-order valence-electron chi connectivity index (χ2n) is 5.44. The van der Waals surface area contributed by atoms with Gasteiger partial charge in [-0.2, -0.15) is 13.2 Å². The highest BCUT2D eigenvalue weighted by atomic mass is 35.5. The number of amides is 1. The van der Waals surface area contributed by atoms with Crippen LogP contribution >= 0.6 is 34.8 Å². The maximum atomic E-state index is 12.9. The smallest absolute Gasteiger partial charge is 0.416 e. The lowest BCUT2D eigenvalue weighted by molar-refractivity contribution is -0.137. The standard InChI is InChI=1S/C18H9Cl3F3NO2/c19-12-3-1-9(18(22,23)24)7-11(12)15-5-6-16(27-15)17(26)25-10-2-4-13(20)14(21)8-10/h1-8H,(H,25,26). The Morgan fingerprint density at radius 3 is 2.26 bits per heavy atom. The summed E-state index contributed by atoms with van der Waals surface area (Å²) < 4.78 is 44.1. The minimum atomic E-state index is -4.53. The SMILES string of the molecule is O=C(Nc1ccc(Cl)c(Cl)c1)c1ccc(-c2cc(C(F)(F)F)ccc2Cl)o1. The maximum Gasteiger partial charge on any atom is 0.416 e. The van der Waals surface area contributed by atoms with Gasteiger partial charge in [-0.1, -0.05) is 34.8 Å². The minimum Gasteiger partial charge on any atom is -0.451 e. The zero-order valence-corrected chi connectivity index (χ0v) is 15.5. The number of carbonyl (C=O) groups excluding carboxylic acids is 1. The molecule has 0 aliphatic carbocycles. The number of anilines is 1. The van der Waals surface area contributed by atoms with Crippen molar-refractivity contribution in [2.45, 2.75) is 6.18 Å². The Labute approximate surface area is 166 Å². The Morgan fingerprint density at radius 2 is 1.59 bits per heavy atom. The number of halogens is 6. The normalized spacial score (nSPS) is 11.5. The van der Waals surface area contributed by atoms with Crippen molar-refractivity contribution in [1.82, 2.24) is 0 Å². The summed E-state index contributed by atoms with van der Waals surface area (Å²) >= 11 is 17.7. The van der Waals surface area contributed by atoms with Crippen LogP contribution in [0.1, 0.15) is 16.1 Å². The lowest BCUT2D eigenvalue weighted by Gasteiger charge is -2.09. The van der Waals surface area contributed by atoms with Crippen molar-refractivity contribution >= 4 is 46.4 Å². The van der Waals surface area contributed by atoms with Crippen molar-refractivity contribution in [2.24, 2.45) is 0 Å². The van der Waals surface area contributed by atoms with Crippen molar-refractivity contribution in [3.63, 3.8) is 0 Å². The van der Waals surface area contributed by atoms with E-state index in [0.717, 1.165) is 18.2 Å². The van der Waals surface area contributed by atoms with E-state index in [0.29, 0.717) is 10.7 Å². The molecule has 3 rings (SSSR count). The molecule has 0 aliphatic heterocycles. The Kier molecular flexibility index (Phi) is 5.42. The Morgan fingerprint density at radius 1 is 0.889 bits per heavy atom. The molecule has 0 unspecified atom stereocenters. The van der Waals surface area contributed by atoms with Gasteiger partial charge in [0.25, 0.3) is 5.91 Å². The monoisotopic (exact) mass is 433 g/mol. The lowest BCUT2D eigenvalue weighted by Crippen LogP contribution is -2.10. The van der Waals surface area contributed by atoms with Crippen LogP contribution in [-0.2, 0) is 6.18 Å². The van der Waals surface area contributed by atoms with Gasteiger partial charge in [-0.3, -0.25) is 4.79 Å². The fourth-order valence-electron chi connectivity index (χ4n) is 2.26. The van der Waals surface area contributed by atoms with Crippen LogP contribution in [0.25, 0.3) is 11.3 Å². The molecule has 140 valence electrons. The molecule has 1 amide bonds. The van der Waals surface area contributed by atoms with Crippen LogP contribution in [0.15, 0.2) is 52.9 Å². The van der Waals surface area contributed by atoms with Crippen molar-refractivity contribution < 1.29 is 22.4 Å². The molecular formula is C18H9Cl3F3NO2. The topological polar surface area (TPSA) is 42.2 Å². The summed E-state index contributed by atoms with van der Waals surface area (Å²) in [4.78, 5) is 12.3. The van der Waals surface area contributed by atoms with E-state index in [4.69, 9.17) is 39.2 Å². The van der Waals surface area contributed by atoms with Gasteiger partial charge in [0.2, 0.25) is 0 Å². The third kappa shape index (κ3) is 4.40. The third-order valence-corrected chi connectivity index (χ3v) is 4.64. The lowest BCUT2D eigenvalue weighted by atomic mass is 10.1. The molecule has 27 heavy (non-hydrogen) atoms. The van der Waals surface area contributed by atoms with Gasteiger partial charge in [0.1, 0.15) is 5.76 Å². The van der Waals surface area contributed by atoms with Crippen LogP contribution in [0, 0.1) is 0 Å². The number of rotatable bonds is 3. The largest absolute Gasteiger partial charge is 0.451 e. The Hall–Kier alpha value is -2.15. The minimum absolute atomic E-state index is 0.0279. The quantitative estimate of drug-likeness (QED) is 0.474. The van der Waals surface area contributed by atoms with E-state index in [2.05, 4.69) is 5.32 Å². The van der Waals surface area contributed by atoms with Gasteiger partial charge >= 0.3 is 6.18 Å². The van der Waals surface area contributed by atoms with Crippen LogP contribution in [0.4, 0.5) is 18.9 Å². The summed E-state index contributed by atoms with van der Waals surface area (Å²) in [5.74, 6) is -0.683. The molecule has 3 aromatic rings. The molecule has 9 heteroatoms. The molecule has 0 radical (unpaired) electrons. The van der Waals surface area contributed by atoms with E-state index < -0.39 is 17.6 Å².